The van der Waals surface area contributed by atoms with Crippen molar-refractivity contribution < 1.29 is 5.54 Å². The van der Waals surface area contributed by atoms with Crippen molar-refractivity contribution in [1.29, 1.82) is 0 Å². The third kappa shape index (κ3) is 3.50. The molecule has 0 unspecified atom stereocenters. The third-order valence-corrected chi connectivity index (χ3v) is 5.56. The summed E-state index contributed by atoms with van der Waals surface area (Å²) in [5, 5.41) is 1.41. The summed E-state index contributed by atoms with van der Waals surface area (Å²) in [6.45, 7) is 4.44. The molecule has 0 N–H and O–H groups in total. The summed E-state index contributed by atoms with van der Waals surface area (Å²) in [5.74, 6) is 0. The van der Waals surface area contributed by atoms with Crippen LogP contribution in [0.1, 0.15) is 1.43 Å². The molecule has 1 rings (SSSR count). The molecule has 1 aromatic carbocycles. The lowest BCUT2D eigenvalue weighted by molar-refractivity contribution is 0.635. The standard InChI is InChI=1S/C8H14OSi2/c1-11(2)9-10-8-6-4-3-5-7-8/h3-7,11H,10H2,1-2H3/p+1. The van der Waals surface area contributed by atoms with Gasteiger partial charge in [-0.15, -0.1) is 0 Å². The van der Waals surface area contributed by atoms with Gasteiger partial charge in [0, 0.05) is 0 Å². The molecule has 0 saturated heterocycles. The van der Waals surface area contributed by atoms with E-state index in [9.17, 15) is 0 Å². The van der Waals surface area contributed by atoms with Crippen LogP contribution in [0.4, 0.5) is 0 Å². The zero-order valence-electron chi connectivity index (χ0n) is 8.08. The first-order valence-electron chi connectivity index (χ1n) is 3.94. The maximum atomic E-state index is 5.71. The van der Waals surface area contributed by atoms with Crippen LogP contribution in [-0.4, -0.2) is 18.8 Å². The highest BCUT2D eigenvalue weighted by Gasteiger charge is 1.96. The zero-order valence-corrected chi connectivity index (χ0v) is 9.65. The molecule has 0 bridgehead atoms. The lowest BCUT2D eigenvalue weighted by Crippen LogP contribution is -2.22. The number of rotatable bonds is 3. The molecule has 0 amide bonds. The second-order valence-electron chi connectivity index (χ2n) is 2.85. The highest BCUT2D eigenvalue weighted by Crippen LogP contribution is 1.84. The molecule has 1 aromatic rings. The van der Waals surface area contributed by atoms with Crippen molar-refractivity contribution in [2.75, 3.05) is 0 Å². The molecule has 11 heavy (non-hydrogen) atoms. The molecule has 0 aliphatic carbocycles. The molecule has 0 aliphatic rings. The van der Waals surface area contributed by atoms with Crippen LogP contribution in [-0.2, 0) is 4.12 Å². The maximum absolute atomic E-state index is 5.71. The summed E-state index contributed by atoms with van der Waals surface area (Å²) in [4.78, 5) is 0. The second-order valence-corrected chi connectivity index (χ2v) is 7.38. The predicted molar refractivity (Wildman–Crippen MR) is 55.7 cm³/mol. The molecular weight excluding hydrogens is 168 g/mol. The van der Waals surface area contributed by atoms with Crippen LogP contribution in [0.5, 0.6) is 0 Å². The van der Waals surface area contributed by atoms with Crippen molar-refractivity contribution in [3.05, 3.63) is 30.3 Å². The Balaban J connectivity index is 0.00000121. The molecule has 3 heteroatoms. The molecule has 1 nitrogen and oxygen atoms in total. The molecule has 0 saturated carbocycles. The molecule has 0 atom stereocenters. The lowest BCUT2D eigenvalue weighted by atomic mass is 10.4. The molecule has 0 spiro atoms. The van der Waals surface area contributed by atoms with E-state index in [0.29, 0.717) is 0 Å². The fourth-order valence-corrected chi connectivity index (χ4v) is 3.40. The lowest BCUT2D eigenvalue weighted by Gasteiger charge is -2.05. The number of hydrogen-bond donors (Lipinski definition) is 0. The van der Waals surface area contributed by atoms with E-state index in [1.54, 1.807) is 0 Å². The van der Waals surface area contributed by atoms with Crippen molar-refractivity contribution in [3.63, 3.8) is 0 Å². The summed E-state index contributed by atoms with van der Waals surface area (Å²) >= 11 is 0. The SMILES string of the molecule is C[SiH](C)O[SiH2]c1ccccc1.[H+]. The van der Waals surface area contributed by atoms with Crippen LogP contribution in [0.3, 0.4) is 0 Å². The monoisotopic (exact) mass is 183 g/mol. The first-order valence-corrected chi connectivity index (χ1v) is 8.01. The maximum Gasteiger partial charge on any atom is 1.00 e. The predicted octanol–water partition coefficient (Wildman–Crippen LogP) is 0.508. The van der Waals surface area contributed by atoms with Crippen molar-refractivity contribution in [2.45, 2.75) is 13.1 Å². The second kappa shape index (κ2) is 4.48. The van der Waals surface area contributed by atoms with Gasteiger partial charge in [-0.2, -0.15) is 0 Å². The Kier molecular flexibility index (Phi) is 3.55. The minimum atomic E-state index is -0.779. The van der Waals surface area contributed by atoms with E-state index >= 15 is 0 Å². The zero-order chi connectivity index (χ0) is 8.10. The Morgan fingerprint density at radius 3 is 2.45 bits per heavy atom. The van der Waals surface area contributed by atoms with Gasteiger partial charge in [-0.05, 0) is 18.3 Å². The summed E-state index contributed by atoms with van der Waals surface area (Å²) in [5.41, 5.74) is 0. The quantitative estimate of drug-likeness (QED) is 0.621. The molecule has 0 heterocycles. The first kappa shape index (κ1) is 8.71. The van der Waals surface area contributed by atoms with Gasteiger partial charge in [-0.1, -0.05) is 30.3 Å². The summed E-state index contributed by atoms with van der Waals surface area (Å²) in [6.07, 6.45) is 0. The Hall–Kier alpha value is -0.386. The fraction of sp³-hybridized carbons (Fsp3) is 0.250. The average molecular weight is 183 g/mol. The van der Waals surface area contributed by atoms with Crippen molar-refractivity contribution in [1.82, 2.24) is 0 Å². The molecule has 0 radical (unpaired) electrons. The number of hydrogen-bond acceptors (Lipinski definition) is 1. The average Bonchev–Trinajstić information content (AvgIpc) is 2.03. The van der Waals surface area contributed by atoms with Gasteiger partial charge in [0.05, 0.1) is 0 Å². The van der Waals surface area contributed by atoms with Crippen LogP contribution in [0.25, 0.3) is 0 Å². The fourth-order valence-electron chi connectivity index (χ4n) is 0.837. The van der Waals surface area contributed by atoms with E-state index in [1.807, 2.05) is 6.07 Å². The molecular formula is C8H15OSi2+. The van der Waals surface area contributed by atoms with Gasteiger partial charge in [0.2, 0.25) is 0 Å². The van der Waals surface area contributed by atoms with Crippen molar-refractivity contribution in [2.24, 2.45) is 0 Å². The van der Waals surface area contributed by atoms with Crippen LogP contribution < -0.4 is 5.19 Å². The Morgan fingerprint density at radius 2 is 1.91 bits per heavy atom. The molecule has 0 aromatic heterocycles. The Labute approximate surface area is 73.6 Å². The molecule has 0 aliphatic heterocycles. The van der Waals surface area contributed by atoms with Crippen LogP contribution in [0.2, 0.25) is 13.1 Å². The van der Waals surface area contributed by atoms with E-state index in [4.69, 9.17) is 4.12 Å². The van der Waals surface area contributed by atoms with Gasteiger partial charge in [0.15, 0.2) is 18.8 Å². The normalized spacial score (nSPS) is 11.5. The highest BCUT2D eigenvalue weighted by atomic mass is 28.3. The van der Waals surface area contributed by atoms with E-state index in [1.165, 1.54) is 5.19 Å². The number of benzene rings is 1. The third-order valence-electron chi connectivity index (χ3n) is 1.43. The van der Waals surface area contributed by atoms with Gasteiger partial charge in [-0.3, -0.25) is 0 Å². The van der Waals surface area contributed by atoms with E-state index in [0.717, 1.165) is 0 Å². The van der Waals surface area contributed by atoms with E-state index in [2.05, 4.69) is 37.4 Å². The van der Waals surface area contributed by atoms with Gasteiger partial charge in [-0.25, -0.2) is 0 Å². The topological polar surface area (TPSA) is 9.23 Å². The largest absolute Gasteiger partial charge is 1.00 e. The van der Waals surface area contributed by atoms with Crippen LogP contribution in [0, 0.1) is 0 Å². The molecule has 60 valence electrons. The van der Waals surface area contributed by atoms with Gasteiger partial charge in [0.25, 0.3) is 0 Å². The van der Waals surface area contributed by atoms with Crippen molar-refractivity contribution >= 4 is 24.0 Å². The van der Waals surface area contributed by atoms with Crippen LogP contribution in [0.15, 0.2) is 30.3 Å². The Morgan fingerprint density at radius 1 is 1.27 bits per heavy atom. The van der Waals surface area contributed by atoms with Crippen LogP contribution >= 0.6 is 0 Å². The van der Waals surface area contributed by atoms with Crippen molar-refractivity contribution in [3.8, 4) is 0 Å². The summed E-state index contributed by atoms with van der Waals surface area (Å²) in [6, 6.07) is 10.5. The van der Waals surface area contributed by atoms with Gasteiger partial charge >= 0.3 is 1.43 Å². The van der Waals surface area contributed by atoms with E-state index < -0.39 is 18.8 Å². The minimum absolute atomic E-state index is 0. The highest BCUT2D eigenvalue weighted by molar-refractivity contribution is 6.61. The van der Waals surface area contributed by atoms with Gasteiger partial charge in [0.1, 0.15) is 0 Å². The first-order chi connectivity index (χ1) is 5.29. The Bertz CT molecular complexity index is 203. The minimum Gasteiger partial charge on any atom is -0.459 e. The smallest absolute Gasteiger partial charge is 0.459 e. The van der Waals surface area contributed by atoms with Gasteiger partial charge < -0.3 is 4.12 Å². The van der Waals surface area contributed by atoms with E-state index in [-0.39, 0.29) is 1.43 Å². The molecule has 0 fully saturated rings. The summed E-state index contributed by atoms with van der Waals surface area (Å²) < 4.78 is 5.71. The summed E-state index contributed by atoms with van der Waals surface area (Å²) in [7, 11) is -1.18.